The van der Waals surface area contributed by atoms with E-state index in [2.05, 4.69) is 47.1 Å². The molecule has 5 rings (SSSR count). The zero-order valence-electron chi connectivity index (χ0n) is 18.3. The lowest BCUT2D eigenvalue weighted by Gasteiger charge is -2.05. The Morgan fingerprint density at radius 1 is 1.03 bits per heavy atom. The van der Waals surface area contributed by atoms with Crippen molar-refractivity contribution < 1.29 is 4.79 Å². The van der Waals surface area contributed by atoms with Crippen molar-refractivity contribution in [2.45, 2.75) is 20.4 Å². The molecule has 1 saturated heterocycles. The third-order valence-corrected chi connectivity index (χ3v) is 6.91. The van der Waals surface area contributed by atoms with E-state index in [-0.39, 0.29) is 5.91 Å². The quantitative estimate of drug-likeness (QED) is 0.331. The fourth-order valence-corrected chi connectivity index (χ4v) is 4.80. The second kappa shape index (κ2) is 8.93. The van der Waals surface area contributed by atoms with E-state index in [1.807, 2.05) is 60.7 Å². The molecule has 0 aliphatic carbocycles. The number of nitrogens with one attached hydrogen (secondary N) is 1. The summed E-state index contributed by atoms with van der Waals surface area (Å²) in [6.45, 7) is 4.85. The van der Waals surface area contributed by atoms with E-state index < -0.39 is 0 Å². The van der Waals surface area contributed by atoms with Crippen LogP contribution in [0.4, 0.5) is 5.69 Å². The minimum Gasteiger partial charge on any atom is -0.342 e. The van der Waals surface area contributed by atoms with Crippen LogP contribution in [0.1, 0.15) is 22.3 Å². The first-order valence-corrected chi connectivity index (χ1v) is 11.8. The Balaban J connectivity index is 1.46. The summed E-state index contributed by atoms with van der Waals surface area (Å²) < 4.78 is 2.20. The number of benzene rings is 3. The summed E-state index contributed by atoms with van der Waals surface area (Å²) in [6.07, 6.45) is 4.04. The van der Waals surface area contributed by atoms with Crippen molar-refractivity contribution >= 4 is 57.1 Å². The monoisotopic (exact) mass is 471 g/mol. The SMILES string of the molecule is Cc1ccc(N=C2NC(=O)C(=Cc3cn(Cc4ccc(Cl)cc4)c4ccccc34)S2)cc1C. The molecule has 164 valence electrons. The highest BCUT2D eigenvalue weighted by molar-refractivity contribution is 8.18. The maximum atomic E-state index is 12.7. The molecule has 0 atom stereocenters. The number of hydrogen-bond donors (Lipinski definition) is 1. The van der Waals surface area contributed by atoms with Crippen molar-refractivity contribution in [1.82, 2.24) is 9.88 Å². The van der Waals surface area contributed by atoms with Gasteiger partial charge >= 0.3 is 0 Å². The van der Waals surface area contributed by atoms with Crippen molar-refractivity contribution in [2.75, 3.05) is 0 Å². The molecule has 1 aliphatic rings. The topological polar surface area (TPSA) is 46.4 Å². The number of halogens is 1. The minimum atomic E-state index is -0.128. The Labute approximate surface area is 202 Å². The Morgan fingerprint density at radius 2 is 1.82 bits per heavy atom. The van der Waals surface area contributed by atoms with Gasteiger partial charge in [0.2, 0.25) is 0 Å². The molecular weight excluding hydrogens is 450 g/mol. The Morgan fingerprint density at radius 3 is 2.61 bits per heavy atom. The first-order chi connectivity index (χ1) is 16.0. The normalized spacial score (nSPS) is 16.2. The third-order valence-electron chi connectivity index (χ3n) is 5.74. The van der Waals surface area contributed by atoms with E-state index in [9.17, 15) is 4.79 Å². The number of aryl methyl sites for hydroxylation is 2. The molecule has 0 unspecified atom stereocenters. The van der Waals surface area contributed by atoms with Gasteiger partial charge in [-0.2, -0.15) is 0 Å². The number of hydrogen-bond acceptors (Lipinski definition) is 3. The van der Waals surface area contributed by atoms with Gasteiger partial charge in [-0.1, -0.05) is 48.0 Å². The molecule has 1 aromatic heterocycles. The van der Waals surface area contributed by atoms with Gasteiger partial charge in [-0.25, -0.2) is 4.99 Å². The fourth-order valence-electron chi connectivity index (χ4n) is 3.84. The first kappa shape index (κ1) is 21.6. The van der Waals surface area contributed by atoms with Gasteiger partial charge in [0, 0.05) is 34.2 Å². The summed E-state index contributed by atoms with van der Waals surface area (Å²) >= 11 is 7.40. The zero-order chi connectivity index (χ0) is 22.9. The number of aromatic nitrogens is 1. The van der Waals surface area contributed by atoms with Crippen LogP contribution in [0.5, 0.6) is 0 Å². The predicted molar refractivity (Wildman–Crippen MR) is 139 cm³/mol. The number of amidine groups is 1. The highest BCUT2D eigenvalue weighted by atomic mass is 35.5. The standard InChI is InChI=1S/C27H22ClN3OS/c1-17-7-12-22(13-18(17)2)29-27-30-26(32)25(33-27)14-20-16-31(24-6-4-3-5-23(20)24)15-19-8-10-21(28)11-9-19/h3-14,16H,15H2,1-2H3,(H,29,30,32). The van der Waals surface area contributed by atoms with Gasteiger partial charge in [-0.05, 0) is 78.7 Å². The van der Waals surface area contributed by atoms with Crippen LogP contribution in [-0.4, -0.2) is 15.6 Å². The number of thioether (sulfide) groups is 1. The maximum Gasteiger partial charge on any atom is 0.264 e. The third kappa shape index (κ3) is 4.61. The molecule has 0 saturated carbocycles. The molecule has 0 spiro atoms. The first-order valence-electron chi connectivity index (χ1n) is 10.7. The van der Waals surface area contributed by atoms with Gasteiger partial charge in [-0.3, -0.25) is 4.79 Å². The molecule has 4 aromatic rings. The van der Waals surface area contributed by atoms with E-state index >= 15 is 0 Å². The molecular formula is C27H22ClN3OS. The molecule has 1 N–H and O–H groups in total. The lowest BCUT2D eigenvalue weighted by molar-refractivity contribution is -0.115. The van der Waals surface area contributed by atoms with E-state index in [4.69, 9.17) is 11.6 Å². The smallest absolute Gasteiger partial charge is 0.264 e. The van der Waals surface area contributed by atoms with E-state index in [0.29, 0.717) is 10.1 Å². The Kier molecular flexibility index (Phi) is 5.83. The average Bonchev–Trinajstić information content (AvgIpc) is 3.32. The highest BCUT2D eigenvalue weighted by Crippen LogP contribution is 2.31. The summed E-state index contributed by atoms with van der Waals surface area (Å²) in [5.74, 6) is -0.128. The van der Waals surface area contributed by atoms with Crippen LogP contribution in [0.2, 0.25) is 5.02 Å². The van der Waals surface area contributed by atoms with Crippen molar-refractivity contribution in [2.24, 2.45) is 4.99 Å². The number of carbonyl (C=O) groups is 1. The van der Waals surface area contributed by atoms with E-state index in [1.54, 1.807) is 0 Å². The van der Waals surface area contributed by atoms with Crippen LogP contribution >= 0.6 is 23.4 Å². The lowest BCUT2D eigenvalue weighted by atomic mass is 10.1. The number of carbonyl (C=O) groups excluding carboxylic acids is 1. The number of aliphatic imine (C=N–C) groups is 1. The molecule has 0 bridgehead atoms. The summed E-state index contributed by atoms with van der Waals surface area (Å²) in [5.41, 5.74) is 6.52. The van der Waals surface area contributed by atoms with Crippen molar-refractivity contribution in [3.05, 3.63) is 105 Å². The van der Waals surface area contributed by atoms with E-state index in [1.165, 1.54) is 22.9 Å². The van der Waals surface area contributed by atoms with Gasteiger partial charge < -0.3 is 9.88 Å². The van der Waals surface area contributed by atoms with Crippen LogP contribution < -0.4 is 5.32 Å². The summed E-state index contributed by atoms with van der Waals surface area (Å²) in [6, 6.07) is 22.1. The molecule has 6 heteroatoms. The summed E-state index contributed by atoms with van der Waals surface area (Å²) in [4.78, 5) is 17.9. The van der Waals surface area contributed by atoms with Crippen molar-refractivity contribution in [1.29, 1.82) is 0 Å². The molecule has 1 fully saturated rings. The van der Waals surface area contributed by atoms with Crippen molar-refractivity contribution in [3.8, 4) is 0 Å². The summed E-state index contributed by atoms with van der Waals surface area (Å²) in [5, 5.41) is 5.32. The number of rotatable bonds is 4. The molecule has 3 aromatic carbocycles. The van der Waals surface area contributed by atoms with Crippen LogP contribution in [0, 0.1) is 13.8 Å². The largest absolute Gasteiger partial charge is 0.342 e. The molecule has 0 radical (unpaired) electrons. The molecule has 1 aliphatic heterocycles. The molecule has 33 heavy (non-hydrogen) atoms. The average molecular weight is 472 g/mol. The second-order valence-electron chi connectivity index (χ2n) is 8.11. The van der Waals surface area contributed by atoms with Gasteiger partial charge in [0.1, 0.15) is 0 Å². The number of nitrogens with zero attached hydrogens (tertiary/aromatic N) is 2. The van der Waals surface area contributed by atoms with Gasteiger partial charge in [-0.15, -0.1) is 0 Å². The molecule has 2 heterocycles. The second-order valence-corrected chi connectivity index (χ2v) is 9.57. The minimum absolute atomic E-state index is 0.128. The van der Waals surface area contributed by atoms with Crippen molar-refractivity contribution in [3.63, 3.8) is 0 Å². The van der Waals surface area contributed by atoms with Gasteiger partial charge in [0.05, 0.1) is 10.6 Å². The van der Waals surface area contributed by atoms with Gasteiger partial charge in [0.15, 0.2) is 5.17 Å². The lowest BCUT2D eigenvalue weighted by Crippen LogP contribution is -2.19. The van der Waals surface area contributed by atoms with Crippen LogP contribution in [0.3, 0.4) is 0 Å². The summed E-state index contributed by atoms with van der Waals surface area (Å²) in [7, 11) is 0. The zero-order valence-corrected chi connectivity index (χ0v) is 19.9. The van der Waals surface area contributed by atoms with Crippen LogP contribution in [0.25, 0.3) is 17.0 Å². The maximum absolute atomic E-state index is 12.7. The predicted octanol–water partition coefficient (Wildman–Crippen LogP) is 6.85. The van der Waals surface area contributed by atoms with Gasteiger partial charge in [0.25, 0.3) is 5.91 Å². The van der Waals surface area contributed by atoms with Crippen LogP contribution in [-0.2, 0) is 11.3 Å². The molecule has 1 amide bonds. The Bertz CT molecular complexity index is 1430. The fraction of sp³-hybridized carbons (Fsp3) is 0.111. The number of fused-ring (bicyclic) bond motifs is 1. The number of amides is 1. The number of para-hydroxylation sites is 1. The molecule has 4 nitrogen and oxygen atoms in total. The Hall–Kier alpha value is -3.28. The van der Waals surface area contributed by atoms with E-state index in [0.717, 1.165) is 39.3 Å². The highest BCUT2D eigenvalue weighted by Gasteiger charge is 2.24. The van der Waals surface area contributed by atoms with Crippen LogP contribution in [0.15, 0.2) is 82.8 Å².